The monoisotopic (exact) mass is 471 g/mol. The third-order valence-electron chi connectivity index (χ3n) is 5.76. The lowest BCUT2D eigenvalue weighted by molar-refractivity contribution is -0.156. The summed E-state index contributed by atoms with van der Waals surface area (Å²) >= 11 is 6.15. The molecule has 178 valence electrons. The van der Waals surface area contributed by atoms with Gasteiger partial charge < -0.3 is 14.2 Å². The van der Waals surface area contributed by atoms with E-state index in [1.807, 2.05) is 44.2 Å². The summed E-state index contributed by atoms with van der Waals surface area (Å²) < 4.78 is 16.6. The summed E-state index contributed by atoms with van der Waals surface area (Å²) in [7, 11) is 0. The number of hydrogen-bond donors (Lipinski definition) is 0. The number of nitrogens with zero attached hydrogens (tertiary/aromatic N) is 1. The number of ether oxygens (including phenoxy) is 3. The van der Waals surface area contributed by atoms with Crippen LogP contribution < -0.4 is 4.74 Å². The molecule has 1 atom stereocenters. The van der Waals surface area contributed by atoms with Crippen molar-refractivity contribution in [3.8, 4) is 5.75 Å². The van der Waals surface area contributed by atoms with Crippen LogP contribution in [0.5, 0.6) is 5.75 Å². The van der Waals surface area contributed by atoms with Crippen molar-refractivity contribution in [3.05, 3.63) is 70.3 Å². The van der Waals surface area contributed by atoms with Crippen LogP contribution >= 0.6 is 11.6 Å². The Morgan fingerprint density at radius 2 is 1.91 bits per heavy atom. The Labute approximate surface area is 202 Å². The molecule has 2 aromatic carbocycles. The molecule has 5 nitrogen and oxygen atoms in total. The number of halogens is 1. The van der Waals surface area contributed by atoms with Gasteiger partial charge in [0.25, 0.3) is 0 Å². The lowest BCUT2D eigenvalue weighted by atomic mass is 9.98. The number of esters is 1. The van der Waals surface area contributed by atoms with E-state index in [0.717, 1.165) is 48.0 Å². The van der Waals surface area contributed by atoms with Crippen LogP contribution in [0.15, 0.2) is 48.5 Å². The summed E-state index contributed by atoms with van der Waals surface area (Å²) in [5.41, 5.74) is 4.78. The fourth-order valence-electron chi connectivity index (χ4n) is 3.90. The highest BCUT2D eigenvalue weighted by molar-refractivity contribution is 6.31. The van der Waals surface area contributed by atoms with Crippen molar-refractivity contribution in [3.63, 3.8) is 0 Å². The lowest BCUT2D eigenvalue weighted by Gasteiger charge is -2.26. The summed E-state index contributed by atoms with van der Waals surface area (Å²) in [6.07, 6.45) is 3.24. The molecule has 3 rings (SSSR count). The number of carbonyl (C=O) groups is 1. The number of aryl methyl sites for hydroxylation is 1. The SMILES string of the molecule is CCOC(=O)C(Cc1ccc(OCCN2CC=C(c3ccc(Cl)c(C)c3)CC2)cc1)OCC. The average molecular weight is 472 g/mol. The maximum absolute atomic E-state index is 12.0. The van der Waals surface area contributed by atoms with Gasteiger partial charge in [-0.1, -0.05) is 41.9 Å². The molecule has 0 spiro atoms. The number of benzene rings is 2. The smallest absolute Gasteiger partial charge is 0.335 e. The highest BCUT2D eigenvalue weighted by atomic mass is 35.5. The Balaban J connectivity index is 1.44. The molecule has 1 unspecified atom stereocenters. The summed E-state index contributed by atoms with van der Waals surface area (Å²) in [5.74, 6) is 0.511. The Kier molecular flexibility index (Phi) is 9.79. The second-order valence-corrected chi connectivity index (χ2v) is 8.54. The predicted octanol–water partition coefficient (Wildman–Crippen LogP) is 5.33. The molecule has 1 aliphatic heterocycles. The molecule has 0 bridgehead atoms. The highest BCUT2D eigenvalue weighted by Gasteiger charge is 2.20. The van der Waals surface area contributed by atoms with Crippen LogP contribution in [0.1, 0.15) is 37.0 Å². The van der Waals surface area contributed by atoms with E-state index in [1.54, 1.807) is 6.92 Å². The van der Waals surface area contributed by atoms with Crippen molar-refractivity contribution in [1.29, 1.82) is 0 Å². The normalized spacial score (nSPS) is 15.1. The van der Waals surface area contributed by atoms with E-state index in [0.29, 0.717) is 26.2 Å². The van der Waals surface area contributed by atoms with Gasteiger partial charge in [0.05, 0.1) is 6.61 Å². The van der Waals surface area contributed by atoms with Gasteiger partial charge in [0.2, 0.25) is 0 Å². The van der Waals surface area contributed by atoms with E-state index in [2.05, 4.69) is 23.1 Å². The molecule has 0 saturated heterocycles. The summed E-state index contributed by atoms with van der Waals surface area (Å²) in [4.78, 5) is 14.4. The zero-order chi connectivity index (χ0) is 23.6. The van der Waals surface area contributed by atoms with Gasteiger partial charge >= 0.3 is 5.97 Å². The first-order valence-electron chi connectivity index (χ1n) is 11.7. The van der Waals surface area contributed by atoms with E-state index in [9.17, 15) is 4.79 Å². The Morgan fingerprint density at radius 1 is 1.12 bits per heavy atom. The van der Waals surface area contributed by atoms with Crippen molar-refractivity contribution in [2.24, 2.45) is 0 Å². The molecule has 0 aromatic heterocycles. The van der Waals surface area contributed by atoms with Gasteiger partial charge in [0.15, 0.2) is 6.10 Å². The summed E-state index contributed by atoms with van der Waals surface area (Å²) in [6.45, 7) is 9.99. The van der Waals surface area contributed by atoms with Gasteiger partial charge in [-0.15, -0.1) is 0 Å². The first-order valence-corrected chi connectivity index (χ1v) is 12.1. The van der Waals surface area contributed by atoms with Gasteiger partial charge in [-0.05, 0) is 67.7 Å². The number of hydrogen-bond acceptors (Lipinski definition) is 5. The van der Waals surface area contributed by atoms with Gasteiger partial charge in [-0.3, -0.25) is 4.90 Å². The molecular weight excluding hydrogens is 438 g/mol. The van der Waals surface area contributed by atoms with E-state index < -0.39 is 6.10 Å². The van der Waals surface area contributed by atoms with Crippen molar-refractivity contribution in [2.45, 2.75) is 39.7 Å². The van der Waals surface area contributed by atoms with Crippen LogP contribution in [0.25, 0.3) is 5.57 Å². The van der Waals surface area contributed by atoms with Gasteiger partial charge in [-0.2, -0.15) is 0 Å². The minimum atomic E-state index is -0.574. The van der Waals surface area contributed by atoms with Crippen molar-refractivity contribution in [1.82, 2.24) is 4.90 Å². The molecule has 0 fully saturated rings. The van der Waals surface area contributed by atoms with Crippen LogP contribution in [0, 0.1) is 6.92 Å². The highest BCUT2D eigenvalue weighted by Crippen LogP contribution is 2.26. The topological polar surface area (TPSA) is 48.0 Å². The summed E-state index contributed by atoms with van der Waals surface area (Å²) in [5, 5.41) is 0.815. The molecular formula is C27H34ClNO4. The standard InChI is InChI=1S/C27H34ClNO4/c1-4-31-26(27(30)32-5-2)19-21-6-9-24(10-7-21)33-17-16-29-14-12-22(13-15-29)23-8-11-25(28)20(3)18-23/h6-12,18,26H,4-5,13-17,19H2,1-3H3. The van der Waals surface area contributed by atoms with E-state index in [1.165, 1.54) is 11.1 Å². The second kappa shape index (κ2) is 12.8. The van der Waals surface area contributed by atoms with E-state index >= 15 is 0 Å². The quantitative estimate of drug-likeness (QED) is 0.415. The molecule has 6 heteroatoms. The Bertz CT molecular complexity index is 942. The molecule has 0 N–H and O–H groups in total. The molecule has 0 saturated carbocycles. The molecule has 0 aliphatic carbocycles. The fraction of sp³-hybridized carbons (Fsp3) is 0.444. The Hall–Kier alpha value is -2.34. The van der Waals surface area contributed by atoms with Crippen LogP contribution in [0.3, 0.4) is 0 Å². The molecule has 33 heavy (non-hydrogen) atoms. The molecule has 1 aliphatic rings. The van der Waals surface area contributed by atoms with Gasteiger partial charge in [0.1, 0.15) is 12.4 Å². The van der Waals surface area contributed by atoms with Gasteiger partial charge in [-0.25, -0.2) is 4.79 Å². The molecule has 2 aromatic rings. The third-order valence-corrected chi connectivity index (χ3v) is 6.18. The van der Waals surface area contributed by atoms with Crippen LogP contribution in [0.2, 0.25) is 5.02 Å². The maximum Gasteiger partial charge on any atom is 0.335 e. The van der Waals surface area contributed by atoms with E-state index in [4.69, 9.17) is 25.8 Å². The zero-order valence-corrected chi connectivity index (χ0v) is 20.6. The van der Waals surface area contributed by atoms with E-state index in [-0.39, 0.29) is 5.97 Å². The predicted molar refractivity (Wildman–Crippen MR) is 133 cm³/mol. The number of rotatable bonds is 11. The summed E-state index contributed by atoms with van der Waals surface area (Å²) in [6, 6.07) is 14.1. The average Bonchev–Trinajstić information content (AvgIpc) is 2.82. The maximum atomic E-state index is 12.0. The van der Waals surface area contributed by atoms with Crippen LogP contribution in [-0.2, 0) is 20.7 Å². The lowest BCUT2D eigenvalue weighted by Crippen LogP contribution is -2.32. The van der Waals surface area contributed by atoms with Crippen molar-refractivity contribution < 1.29 is 19.0 Å². The van der Waals surface area contributed by atoms with Crippen molar-refractivity contribution >= 4 is 23.1 Å². The molecule has 0 radical (unpaired) electrons. The first kappa shape index (κ1) is 25.3. The van der Waals surface area contributed by atoms with Crippen LogP contribution in [-0.4, -0.2) is 56.4 Å². The molecule has 0 amide bonds. The van der Waals surface area contributed by atoms with Gasteiger partial charge in [0, 0.05) is 37.7 Å². The minimum Gasteiger partial charge on any atom is -0.492 e. The molecule has 1 heterocycles. The minimum absolute atomic E-state index is 0.315. The Morgan fingerprint density at radius 3 is 2.55 bits per heavy atom. The largest absolute Gasteiger partial charge is 0.492 e. The second-order valence-electron chi connectivity index (χ2n) is 8.14. The zero-order valence-electron chi connectivity index (χ0n) is 19.8. The van der Waals surface area contributed by atoms with Crippen LogP contribution in [0.4, 0.5) is 0 Å². The van der Waals surface area contributed by atoms with Crippen molar-refractivity contribution in [2.75, 3.05) is 39.5 Å². The third kappa shape index (κ3) is 7.60. The first-order chi connectivity index (χ1) is 16.0. The number of carbonyl (C=O) groups excluding carboxylic acids is 1. The fourth-order valence-corrected chi connectivity index (χ4v) is 4.01.